The molecule has 0 aliphatic heterocycles. The predicted molar refractivity (Wildman–Crippen MR) is 65.2 cm³/mol. The average Bonchev–Trinajstić information content (AvgIpc) is 2.83. The molecule has 0 spiro atoms. The van der Waals surface area contributed by atoms with E-state index >= 15 is 0 Å². The van der Waals surface area contributed by atoms with Crippen molar-refractivity contribution in [3.05, 3.63) is 9.98 Å². The molecule has 1 heterocycles. The van der Waals surface area contributed by atoms with Crippen LogP contribution in [-0.4, -0.2) is 18.1 Å². The fraction of sp³-hybridized carbons (Fsp3) is 0.700. The second-order valence-electron chi connectivity index (χ2n) is 3.93. The van der Waals surface area contributed by atoms with Crippen molar-refractivity contribution in [2.24, 2.45) is 17.6 Å². The zero-order chi connectivity index (χ0) is 10.7. The number of thiazole rings is 1. The summed E-state index contributed by atoms with van der Waals surface area (Å²) in [5.41, 5.74) is 5.72. The quantitative estimate of drug-likeness (QED) is 0.927. The van der Waals surface area contributed by atoms with Gasteiger partial charge in [0, 0.05) is 5.38 Å². The largest absolute Gasteiger partial charge is 0.470 e. The number of halogens is 1. The van der Waals surface area contributed by atoms with E-state index in [9.17, 15) is 0 Å². The molecule has 1 aromatic heterocycles. The normalized spacial score (nSPS) is 25.7. The number of aromatic nitrogens is 1. The molecule has 1 aliphatic carbocycles. The van der Waals surface area contributed by atoms with E-state index in [4.69, 9.17) is 10.5 Å². The summed E-state index contributed by atoms with van der Waals surface area (Å²) in [6, 6.07) is 0. The fourth-order valence-corrected chi connectivity index (χ4v) is 3.22. The van der Waals surface area contributed by atoms with Gasteiger partial charge >= 0.3 is 0 Å². The van der Waals surface area contributed by atoms with Gasteiger partial charge in [-0.3, -0.25) is 0 Å². The molecule has 2 atom stereocenters. The zero-order valence-electron chi connectivity index (χ0n) is 8.49. The van der Waals surface area contributed by atoms with Crippen molar-refractivity contribution in [2.45, 2.75) is 19.3 Å². The lowest BCUT2D eigenvalue weighted by atomic mass is 9.97. The molecular formula is C10H15BrN2OS. The van der Waals surface area contributed by atoms with E-state index in [1.54, 1.807) is 0 Å². The number of hydrogen-bond donors (Lipinski definition) is 1. The minimum Gasteiger partial charge on any atom is -0.470 e. The second-order valence-corrected chi connectivity index (χ2v) is 5.57. The molecule has 1 saturated carbocycles. The molecule has 2 unspecified atom stereocenters. The SMILES string of the molecule is NCC1CCCC1COc1nc(Br)cs1. The topological polar surface area (TPSA) is 48.1 Å². The van der Waals surface area contributed by atoms with Crippen molar-refractivity contribution in [3.8, 4) is 5.19 Å². The molecule has 0 radical (unpaired) electrons. The highest BCUT2D eigenvalue weighted by Crippen LogP contribution is 2.32. The van der Waals surface area contributed by atoms with Gasteiger partial charge < -0.3 is 10.5 Å². The van der Waals surface area contributed by atoms with Gasteiger partial charge in [0.25, 0.3) is 5.19 Å². The maximum absolute atomic E-state index is 5.72. The molecule has 5 heteroatoms. The summed E-state index contributed by atoms with van der Waals surface area (Å²) < 4.78 is 6.52. The Labute approximate surface area is 102 Å². The van der Waals surface area contributed by atoms with Crippen LogP contribution >= 0.6 is 27.3 Å². The van der Waals surface area contributed by atoms with Crippen molar-refractivity contribution in [3.63, 3.8) is 0 Å². The van der Waals surface area contributed by atoms with Gasteiger partial charge in [0.2, 0.25) is 0 Å². The van der Waals surface area contributed by atoms with Gasteiger partial charge in [0.1, 0.15) is 4.60 Å². The molecule has 1 aromatic rings. The smallest absolute Gasteiger partial charge is 0.274 e. The molecule has 1 aliphatic rings. The van der Waals surface area contributed by atoms with Crippen LogP contribution in [0, 0.1) is 11.8 Å². The number of nitrogens with two attached hydrogens (primary N) is 1. The van der Waals surface area contributed by atoms with Gasteiger partial charge in [-0.2, -0.15) is 4.98 Å². The number of nitrogens with zero attached hydrogens (tertiary/aromatic N) is 1. The standard InChI is InChI=1S/C10H15BrN2OS/c11-9-6-15-10(13-9)14-5-8-3-1-2-7(8)4-12/h6-8H,1-5,12H2. The lowest BCUT2D eigenvalue weighted by molar-refractivity contribution is 0.216. The van der Waals surface area contributed by atoms with Crippen molar-refractivity contribution >= 4 is 27.3 Å². The van der Waals surface area contributed by atoms with E-state index < -0.39 is 0 Å². The lowest BCUT2D eigenvalue weighted by Gasteiger charge is -2.16. The molecular weight excluding hydrogens is 276 g/mol. The molecule has 1 fully saturated rings. The van der Waals surface area contributed by atoms with Gasteiger partial charge in [-0.15, -0.1) is 0 Å². The van der Waals surface area contributed by atoms with E-state index in [2.05, 4.69) is 20.9 Å². The van der Waals surface area contributed by atoms with Crippen LogP contribution in [0.2, 0.25) is 0 Å². The average molecular weight is 291 g/mol. The van der Waals surface area contributed by atoms with Gasteiger partial charge in [0.05, 0.1) is 6.61 Å². The highest BCUT2D eigenvalue weighted by molar-refractivity contribution is 9.10. The van der Waals surface area contributed by atoms with E-state index in [-0.39, 0.29) is 0 Å². The molecule has 84 valence electrons. The van der Waals surface area contributed by atoms with Crippen LogP contribution < -0.4 is 10.5 Å². The molecule has 2 rings (SSSR count). The summed E-state index contributed by atoms with van der Waals surface area (Å²) in [5, 5.41) is 2.69. The zero-order valence-corrected chi connectivity index (χ0v) is 10.9. The molecule has 0 bridgehead atoms. The first-order valence-corrected chi connectivity index (χ1v) is 6.90. The summed E-state index contributed by atoms with van der Waals surface area (Å²) in [6.45, 7) is 1.55. The predicted octanol–water partition coefficient (Wildman–Crippen LogP) is 2.66. The van der Waals surface area contributed by atoms with E-state index in [1.165, 1.54) is 30.6 Å². The molecule has 0 amide bonds. The van der Waals surface area contributed by atoms with Gasteiger partial charge in [-0.1, -0.05) is 17.8 Å². The van der Waals surface area contributed by atoms with Crippen molar-refractivity contribution in [1.82, 2.24) is 4.98 Å². The van der Waals surface area contributed by atoms with Crippen molar-refractivity contribution in [1.29, 1.82) is 0 Å². The van der Waals surface area contributed by atoms with Crippen LogP contribution in [0.25, 0.3) is 0 Å². The Balaban J connectivity index is 1.82. The maximum atomic E-state index is 5.72. The third kappa shape index (κ3) is 2.92. The summed E-state index contributed by atoms with van der Waals surface area (Å²) in [5.74, 6) is 1.27. The van der Waals surface area contributed by atoms with E-state index in [0.717, 1.165) is 22.9 Å². The molecule has 3 nitrogen and oxygen atoms in total. The van der Waals surface area contributed by atoms with Crippen LogP contribution in [-0.2, 0) is 0 Å². The Morgan fingerprint density at radius 2 is 2.33 bits per heavy atom. The molecule has 0 aromatic carbocycles. The lowest BCUT2D eigenvalue weighted by Crippen LogP contribution is -2.23. The Bertz CT molecular complexity index is 318. The van der Waals surface area contributed by atoms with Gasteiger partial charge in [-0.05, 0) is 47.2 Å². The first-order chi connectivity index (χ1) is 7.29. The van der Waals surface area contributed by atoms with Crippen molar-refractivity contribution < 1.29 is 4.74 Å². The first-order valence-electron chi connectivity index (χ1n) is 5.23. The summed E-state index contributed by atoms with van der Waals surface area (Å²) in [6.07, 6.45) is 3.79. The summed E-state index contributed by atoms with van der Waals surface area (Å²) in [7, 11) is 0. The van der Waals surface area contributed by atoms with Crippen LogP contribution in [0.15, 0.2) is 9.98 Å². The number of rotatable bonds is 4. The monoisotopic (exact) mass is 290 g/mol. The summed E-state index contributed by atoms with van der Waals surface area (Å²) >= 11 is 4.84. The highest BCUT2D eigenvalue weighted by Gasteiger charge is 2.26. The number of ether oxygens (including phenoxy) is 1. The Kier molecular flexibility index (Phi) is 3.99. The first kappa shape index (κ1) is 11.4. The van der Waals surface area contributed by atoms with Crippen LogP contribution in [0.1, 0.15) is 19.3 Å². The van der Waals surface area contributed by atoms with E-state index in [0.29, 0.717) is 11.8 Å². The Morgan fingerprint density at radius 3 is 3.00 bits per heavy atom. The Hall–Kier alpha value is -0.130. The second kappa shape index (κ2) is 5.27. The van der Waals surface area contributed by atoms with Crippen LogP contribution in [0.4, 0.5) is 0 Å². The fourth-order valence-electron chi connectivity index (χ4n) is 2.13. The summed E-state index contributed by atoms with van der Waals surface area (Å²) in [4.78, 5) is 4.20. The van der Waals surface area contributed by atoms with E-state index in [1.807, 2.05) is 5.38 Å². The molecule has 2 N–H and O–H groups in total. The van der Waals surface area contributed by atoms with Gasteiger partial charge in [-0.25, -0.2) is 0 Å². The number of hydrogen-bond acceptors (Lipinski definition) is 4. The third-order valence-electron chi connectivity index (χ3n) is 3.00. The highest BCUT2D eigenvalue weighted by atomic mass is 79.9. The minimum absolute atomic E-state index is 0.623. The molecule has 0 saturated heterocycles. The van der Waals surface area contributed by atoms with Gasteiger partial charge in [0.15, 0.2) is 0 Å². The minimum atomic E-state index is 0.623. The third-order valence-corrected chi connectivity index (χ3v) is 4.46. The Morgan fingerprint density at radius 1 is 1.53 bits per heavy atom. The molecule has 15 heavy (non-hydrogen) atoms. The van der Waals surface area contributed by atoms with Crippen LogP contribution in [0.3, 0.4) is 0 Å². The maximum Gasteiger partial charge on any atom is 0.274 e. The van der Waals surface area contributed by atoms with Crippen molar-refractivity contribution in [2.75, 3.05) is 13.2 Å². The van der Waals surface area contributed by atoms with Crippen LogP contribution in [0.5, 0.6) is 5.19 Å².